The van der Waals surface area contributed by atoms with E-state index in [-0.39, 0.29) is 0 Å². The maximum atomic E-state index is 4.93. The number of benzene rings is 1. The Morgan fingerprint density at radius 2 is 1.75 bits per heavy atom. The van der Waals surface area contributed by atoms with E-state index in [4.69, 9.17) is 15.0 Å². The fraction of sp³-hybridized carbons (Fsp3) is 0.364. The van der Waals surface area contributed by atoms with Crippen LogP contribution in [-0.2, 0) is 19.9 Å². The van der Waals surface area contributed by atoms with Gasteiger partial charge in [0.2, 0.25) is 0 Å². The summed E-state index contributed by atoms with van der Waals surface area (Å²) in [4.78, 5) is 21.3. The Bertz CT molecular complexity index is 1170. The molecule has 5 rings (SSSR count). The minimum atomic E-state index is 0.787. The van der Waals surface area contributed by atoms with E-state index < -0.39 is 0 Å². The van der Waals surface area contributed by atoms with Gasteiger partial charge in [-0.2, -0.15) is 0 Å². The highest BCUT2D eigenvalue weighted by molar-refractivity contribution is 6.02. The lowest BCUT2D eigenvalue weighted by Gasteiger charge is -2.34. The van der Waals surface area contributed by atoms with Crippen LogP contribution in [0.4, 0.5) is 5.69 Å². The van der Waals surface area contributed by atoms with Gasteiger partial charge >= 0.3 is 0 Å². The summed E-state index contributed by atoms with van der Waals surface area (Å²) in [5.41, 5.74) is 6.53. The van der Waals surface area contributed by atoms with Gasteiger partial charge < -0.3 is 9.47 Å². The van der Waals surface area contributed by atoms with Crippen molar-refractivity contribution in [3.05, 3.63) is 53.5 Å². The van der Waals surface area contributed by atoms with Crippen LogP contribution in [0.2, 0.25) is 0 Å². The van der Waals surface area contributed by atoms with Gasteiger partial charge in [0.05, 0.1) is 33.6 Å². The van der Waals surface area contributed by atoms with Gasteiger partial charge in [0.25, 0.3) is 0 Å². The van der Waals surface area contributed by atoms with Gasteiger partial charge in [-0.1, -0.05) is 0 Å². The molecule has 4 aromatic rings. The normalized spacial score (nSPS) is 14.0. The molecule has 1 saturated heterocycles. The van der Waals surface area contributed by atoms with Crippen molar-refractivity contribution in [1.82, 2.24) is 24.5 Å². The second kappa shape index (κ2) is 6.55. The van der Waals surface area contributed by atoms with Crippen LogP contribution in [0, 0.1) is 13.8 Å². The zero-order chi connectivity index (χ0) is 19.3. The molecule has 6 heteroatoms. The Kier molecular flexibility index (Phi) is 4.00. The maximum absolute atomic E-state index is 4.93. The number of hydrogen-bond acceptors (Lipinski definition) is 5. The molecule has 0 unspecified atom stereocenters. The molecule has 142 valence electrons. The van der Waals surface area contributed by atoms with Gasteiger partial charge in [0.1, 0.15) is 11.6 Å². The van der Waals surface area contributed by atoms with Crippen LogP contribution in [0.3, 0.4) is 0 Å². The van der Waals surface area contributed by atoms with Crippen molar-refractivity contribution in [2.24, 2.45) is 7.05 Å². The maximum Gasteiger partial charge on any atom is 0.129 e. The summed E-state index contributed by atoms with van der Waals surface area (Å²) in [6, 6.07) is 8.22. The van der Waals surface area contributed by atoms with Crippen LogP contribution in [0.1, 0.15) is 29.5 Å². The Morgan fingerprint density at radius 1 is 0.964 bits per heavy atom. The summed E-state index contributed by atoms with van der Waals surface area (Å²) in [6.07, 6.45) is 4.69. The molecule has 28 heavy (non-hydrogen) atoms. The number of hydrogen-bond donors (Lipinski definition) is 0. The smallest absolute Gasteiger partial charge is 0.129 e. The number of imidazole rings is 1. The van der Waals surface area contributed by atoms with Crippen molar-refractivity contribution in [3.8, 4) is 0 Å². The lowest BCUT2D eigenvalue weighted by atomic mass is 10.1. The number of fused-ring (bicyclic) bond motifs is 3. The molecule has 0 N–H and O–H groups in total. The number of pyridine rings is 1. The fourth-order valence-corrected chi connectivity index (χ4v) is 4.19. The molecule has 6 nitrogen and oxygen atoms in total. The minimum absolute atomic E-state index is 0.787. The fourth-order valence-electron chi connectivity index (χ4n) is 4.19. The van der Waals surface area contributed by atoms with E-state index in [1.807, 2.05) is 12.3 Å². The van der Waals surface area contributed by atoms with Crippen LogP contribution in [0.5, 0.6) is 0 Å². The molecule has 0 saturated carbocycles. The molecule has 0 spiro atoms. The SMILES string of the molecule is Cc1nc(CCc2nc3c4cccnc4ccc3n2C)nc(C)c1N1CCC1. The predicted octanol–water partition coefficient (Wildman–Crippen LogP) is 3.52. The Labute approximate surface area is 164 Å². The van der Waals surface area contributed by atoms with Gasteiger partial charge in [0.15, 0.2) is 0 Å². The average molecular weight is 372 g/mol. The predicted molar refractivity (Wildman–Crippen MR) is 112 cm³/mol. The largest absolute Gasteiger partial charge is 0.368 e. The summed E-state index contributed by atoms with van der Waals surface area (Å²) < 4.78 is 2.18. The minimum Gasteiger partial charge on any atom is -0.368 e. The Morgan fingerprint density at radius 3 is 2.46 bits per heavy atom. The number of nitrogens with zero attached hydrogens (tertiary/aromatic N) is 6. The van der Waals surface area contributed by atoms with Gasteiger partial charge in [-0.05, 0) is 44.5 Å². The molecular formula is C22H24N6. The lowest BCUT2D eigenvalue weighted by molar-refractivity contribution is 0.609. The van der Waals surface area contributed by atoms with E-state index in [1.54, 1.807) is 0 Å². The first-order valence-corrected chi connectivity index (χ1v) is 9.90. The molecule has 0 radical (unpaired) electrons. The van der Waals surface area contributed by atoms with E-state index in [1.165, 1.54) is 12.1 Å². The van der Waals surface area contributed by atoms with Crippen LogP contribution >= 0.6 is 0 Å². The number of rotatable bonds is 4. The molecule has 0 atom stereocenters. The highest BCUT2D eigenvalue weighted by Crippen LogP contribution is 2.27. The van der Waals surface area contributed by atoms with E-state index in [0.717, 1.165) is 70.9 Å². The van der Waals surface area contributed by atoms with Crippen LogP contribution in [0.25, 0.3) is 21.9 Å². The van der Waals surface area contributed by atoms with Gasteiger partial charge in [-0.3, -0.25) is 4.98 Å². The van der Waals surface area contributed by atoms with Crippen molar-refractivity contribution in [2.45, 2.75) is 33.1 Å². The lowest BCUT2D eigenvalue weighted by Crippen LogP contribution is -2.38. The van der Waals surface area contributed by atoms with Crippen LogP contribution in [0.15, 0.2) is 30.5 Å². The number of aryl methyl sites for hydroxylation is 5. The average Bonchev–Trinajstić information content (AvgIpc) is 2.98. The van der Waals surface area contributed by atoms with E-state index in [2.05, 4.69) is 53.5 Å². The van der Waals surface area contributed by atoms with E-state index >= 15 is 0 Å². The van der Waals surface area contributed by atoms with Crippen LogP contribution < -0.4 is 4.90 Å². The van der Waals surface area contributed by atoms with Gasteiger partial charge in [0, 0.05) is 44.6 Å². The molecule has 0 amide bonds. The third-order valence-electron chi connectivity index (χ3n) is 5.75. The van der Waals surface area contributed by atoms with Gasteiger partial charge in [-0.15, -0.1) is 0 Å². The first-order valence-electron chi connectivity index (χ1n) is 9.90. The number of anilines is 1. The summed E-state index contributed by atoms with van der Waals surface area (Å²) in [5, 5.41) is 1.10. The number of aromatic nitrogens is 5. The zero-order valence-corrected chi connectivity index (χ0v) is 16.6. The molecule has 1 fully saturated rings. The highest BCUT2D eigenvalue weighted by atomic mass is 15.2. The van der Waals surface area contributed by atoms with Crippen molar-refractivity contribution in [3.63, 3.8) is 0 Å². The van der Waals surface area contributed by atoms with Crippen LogP contribution in [-0.4, -0.2) is 37.6 Å². The molecule has 0 bridgehead atoms. The Balaban J connectivity index is 1.44. The third-order valence-corrected chi connectivity index (χ3v) is 5.75. The molecule has 3 aromatic heterocycles. The van der Waals surface area contributed by atoms with E-state index in [0.29, 0.717) is 0 Å². The standard InChI is InChI=1S/C22H24N6/c1-14-22(28-12-5-13-28)15(2)25-19(24-14)9-10-20-26-21-16-6-4-11-23-17(16)7-8-18(21)27(20)3/h4,6-8,11H,5,9-10,12-13H2,1-3H3. The zero-order valence-electron chi connectivity index (χ0n) is 16.6. The van der Waals surface area contributed by atoms with Gasteiger partial charge in [-0.25, -0.2) is 15.0 Å². The first-order chi connectivity index (χ1) is 13.6. The summed E-state index contributed by atoms with van der Waals surface area (Å²) in [5.74, 6) is 1.95. The topological polar surface area (TPSA) is 59.7 Å². The Hall–Kier alpha value is -3.02. The van der Waals surface area contributed by atoms with Crippen molar-refractivity contribution >= 4 is 27.6 Å². The molecule has 1 aromatic carbocycles. The van der Waals surface area contributed by atoms with Crippen molar-refractivity contribution < 1.29 is 0 Å². The molecule has 0 aliphatic carbocycles. The summed E-state index contributed by atoms with van der Waals surface area (Å²) >= 11 is 0. The monoisotopic (exact) mass is 372 g/mol. The molecular weight excluding hydrogens is 348 g/mol. The highest BCUT2D eigenvalue weighted by Gasteiger charge is 2.21. The first kappa shape index (κ1) is 17.1. The summed E-state index contributed by atoms with van der Waals surface area (Å²) in [7, 11) is 2.08. The third kappa shape index (κ3) is 2.71. The van der Waals surface area contributed by atoms with Crippen molar-refractivity contribution in [1.29, 1.82) is 0 Å². The molecule has 1 aliphatic rings. The second-order valence-electron chi connectivity index (χ2n) is 7.59. The molecule has 4 heterocycles. The molecule has 1 aliphatic heterocycles. The second-order valence-corrected chi connectivity index (χ2v) is 7.59. The van der Waals surface area contributed by atoms with Crippen molar-refractivity contribution in [2.75, 3.05) is 18.0 Å². The van der Waals surface area contributed by atoms with E-state index in [9.17, 15) is 0 Å². The summed E-state index contributed by atoms with van der Waals surface area (Å²) in [6.45, 7) is 6.43. The quantitative estimate of drug-likeness (QED) is 0.548.